The van der Waals surface area contributed by atoms with Crippen molar-refractivity contribution in [3.8, 4) is 0 Å². The molecule has 2 nitrogen and oxygen atoms in total. The maximum Gasteiger partial charge on any atom is 0.119 e. The standard InChI is InChI=1S/C13H15ClN2S/c1-9(2)12(13-15-6-7-16-13)17-11-5-3-4-10(14)8-11/h3-9,12H,1-2H3,(H,15,16). The molecule has 0 radical (unpaired) electrons. The molecule has 2 aromatic rings. The zero-order valence-electron chi connectivity index (χ0n) is 9.85. The van der Waals surface area contributed by atoms with Crippen LogP contribution in [-0.2, 0) is 0 Å². The number of aromatic amines is 1. The van der Waals surface area contributed by atoms with Crippen molar-refractivity contribution in [2.24, 2.45) is 5.92 Å². The summed E-state index contributed by atoms with van der Waals surface area (Å²) in [5.41, 5.74) is 0. The van der Waals surface area contributed by atoms with Gasteiger partial charge in [0.2, 0.25) is 0 Å². The van der Waals surface area contributed by atoms with Crippen molar-refractivity contribution < 1.29 is 0 Å². The predicted octanol–water partition coefficient (Wildman–Crippen LogP) is 4.55. The molecular weight excluding hydrogens is 252 g/mol. The van der Waals surface area contributed by atoms with Crippen molar-refractivity contribution in [1.29, 1.82) is 0 Å². The zero-order chi connectivity index (χ0) is 12.3. The van der Waals surface area contributed by atoms with E-state index >= 15 is 0 Å². The van der Waals surface area contributed by atoms with E-state index in [1.807, 2.05) is 24.4 Å². The first-order valence-corrected chi connectivity index (χ1v) is 6.84. The molecule has 90 valence electrons. The van der Waals surface area contributed by atoms with E-state index < -0.39 is 0 Å². The maximum absolute atomic E-state index is 6.00. The van der Waals surface area contributed by atoms with Gasteiger partial charge in [-0.25, -0.2) is 4.98 Å². The molecule has 1 aromatic heterocycles. The van der Waals surface area contributed by atoms with Crippen molar-refractivity contribution in [2.75, 3.05) is 0 Å². The second-order valence-corrected chi connectivity index (χ2v) is 5.87. The molecule has 0 aliphatic heterocycles. The number of rotatable bonds is 4. The molecule has 0 aliphatic carbocycles. The minimum Gasteiger partial charge on any atom is -0.348 e. The third-order valence-electron chi connectivity index (χ3n) is 2.45. The summed E-state index contributed by atoms with van der Waals surface area (Å²) in [7, 11) is 0. The lowest BCUT2D eigenvalue weighted by atomic mass is 10.1. The summed E-state index contributed by atoms with van der Waals surface area (Å²) in [5.74, 6) is 1.52. The lowest BCUT2D eigenvalue weighted by Gasteiger charge is -2.18. The zero-order valence-corrected chi connectivity index (χ0v) is 11.4. The van der Waals surface area contributed by atoms with Gasteiger partial charge < -0.3 is 4.98 Å². The van der Waals surface area contributed by atoms with Gasteiger partial charge in [0.1, 0.15) is 5.82 Å². The lowest BCUT2D eigenvalue weighted by molar-refractivity contribution is 0.610. The van der Waals surface area contributed by atoms with Gasteiger partial charge in [-0.2, -0.15) is 0 Å². The van der Waals surface area contributed by atoms with Crippen LogP contribution in [0.3, 0.4) is 0 Å². The number of aromatic nitrogens is 2. The maximum atomic E-state index is 6.00. The van der Waals surface area contributed by atoms with Crippen LogP contribution in [0.5, 0.6) is 0 Å². The van der Waals surface area contributed by atoms with Crippen LogP contribution in [0, 0.1) is 5.92 Å². The molecule has 1 aromatic carbocycles. The molecule has 4 heteroatoms. The van der Waals surface area contributed by atoms with E-state index in [0.717, 1.165) is 10.8 Å². The van der Waals surface area contributed by atoms with Crippen molar-refractivity contribution in [3.05, 3.63) is 47.5 Å². The Morgan fingerprint density at radius 1 is 1.35 bits per heavy atom. The molecule has 0 fully saturated rings. The average Bonchev–Trinajstić information content (AvgIpc) is 2.78. The van der Waals surface area contributed by atoms with Crippen LogP contribution < -0.4 is 0 Å². The van der Waals surface area contributed by atoms with Gasteiger partial charge in [-0.1, -0.05) is 31.5 Å². The fourth-order valence-electron chi connectivity index (χ4n) is 1.63. The number of benzene rings is 1. The van der Waals surface area contributed by atoms with Crippen LogP contribution in [0.4, 0.5) is 0 Å². The Labute approximate surface area is 111 Å². The monoisotopic (exact) mass is 266 g/mol. The van der Waals surface area contributed by atoms with Crippen molar-refractivity contribution in [3.63, 3.8) is 0 Å². The number of halogens is 1. The lowest BCUT2D eigenvalue weighted by Crippen LogP contribution is -2.04. The Hall–Kier alpha value is -0.930. The van der Waals surface area contributed by atoms with Gasteiger partial charge in [-0.3, -0.25) is 0 Å². The summed E-state index contributed by atoms with van der Waals surface area (Å²) in [6, 6.07) is 7.94. The number of H-pyrrole nitrogens is 1. The van der Waals surface area contributed by atoms with Crippen LogP contribution in [0.2, 0.25) is 5.02 Å². The molecule has 1 heterocycles. The first kappa shape index (κ1) is 12.5. The molecule has 0 saturated carbocycles. The Morgan fingerprint density at radius 2 is 2.18 bits per heavy atom. The van der Waals surface area contributed by atoms with E-state index in [4.69, 9.17) is 11.6 Å². The topological polar surface area (TPSA) is 28.7 Å². The van der Waals surface area contributed by atoms with Crippen LogP contribution in [0.15, 0.2) is 41.6 Å². The largest absolute Gasteiger partial charge is 0.348 e. The molecule has 1 N–H and O–H groups in total. The summed E-state index contributed by atoms with van der Waals surface area (Å²) in [5, 5.41) is 1.10. The van der Waals surface area contributed by atoms with Crippen molar-refractivity contribution >= 4 is 23.4 Å². The van der Waals surface area contributed by atoms with E-state index in [0.29, 0.717) is 11.2 Å². The third kappa shape index (κ3) is 3.27. The van der Waals surface area contributed by atoms with E-state index in [2.05, 4.69) is 29.9 Å². The molecule has 17 heavy (non-hydrogen) atoms. The second kappa shape index (κ2) is 5.61. The van der Waals surface area contributed by atoms with Crippen LogP contribution in [0.1, 0.15) is 24.9 Å². The minimum atomic E-state index is 0.323. The average molecular weight is 267 g/mol. The number of imidazole rings is 1. The smallest absolute Gasteiger partial charge is 0.119 e. The van der Waals surface area contributed by atoms with Crippen LogP contribution in [-0.4, -0.2) is 9.97 Å². The Bertz CT molecular complexity index is 468. The first-order valence-electron chi connectivity index (χ1n) is 5.58. The van der Waals surface area contributed by atoms with E-state index in [1.165, 1.54) is 4.90 Å². The summed E-state index contributed by atoms with van der Waals surface area (Å²) in [6.45, 7) is 4.40. The summed E-state index contributed by atoms with van der Waals surface area (Å²) in [4.78, 5) is 8.71. The Kier molecular flexibility index (Phi) is 4.13. The highest BCUT2D eigenvalue weighted by Gasteiger charge is 2.19. The number of nitrogens with one attached hydrogen (secondary N) is 1. The third-order valence-corrected chi connectivity index (χ3v) is 4.24. The molecule has 0 bridgehead atoms. The highest BCUT2D eigenvalue weighted by atomic mass is 35.5. The fraction of sp³-hybridized carbons (Fsp3) is 0.308. The number of thioether (sulfide) groups is 1. The Balaban J connectivity index is 2.19. The van der Waals surface area contributed by atoms with E-state index in [9.17, 15) is 0 Å². The van der Waals surface area contributed by atoms with Gasteiger partial charge in [0.25, 0.3) is 0 Å². The van der Waals surface area contributed by atoms with Gasteiger partial charge in [0, 0.05) is 22.3 Å². The summed E-state index contributed by atoms with van der Waals surface area (Å²) < 4.78 is 0. The normalized spacial score (nSPS) is 12.9. The van der Waals surface area contributed by atoms with Gasteiger partial charge in [-0.15, -0.1) is 11.8 Å². The van der Waals surface area contributed by atoms with Gasteiger partial charge in [0.15, 0.2) is 0 Å². The van der Waals surface area contributed by atoms with Gasteiger partial charge in [0.05, 0.1) is 5.25 Å². The van der Waals surface area contributed by atoms with E-state index in [1.54, 1.807) is 18.0 Å². The highest BCUT2D eigenvalue weighted by Crippen LogP contribution is 2.39. The quantitative estimate of drug-likeness (QED) is 0.823. The molecule has 0 aliphatic rings. The second-order valence-electron chi connectivity index (χ2n) is 4.21. The van der Waals surface area contributed by atoms with Gasteiger partial charge >= 0.3 is 0 Å². The molecule has 1 unspecified atom stereocenters. The molecule has 0 saturated heterocycles. The first-order chi connectivity index (χ1) is 8.16. The van der Waals surface area contributed by atoms with Gasteiger partial charge in [-0.05, 0) is 24.1 Å². The summed E-state index contributed by atoms with van der Waals surface area (Å²) in [6.07, 6.45) is 3.66. The fourth-order valence-corrected chi connectivity index (χ4v) is 3.04. The van der Waals surface area contributed by atoms with Crippen molar-refractivity contribution in [2.45, 2.75) is 24.0 Å². The number of nitrogens with zero attached hydrogens (tertiary/aromatic N) is 1. The van der Waals surface area contributed by atoms with Crippen LogP contribution in [0.25, 0.3) is 0 Å². The molecule has 0 spiro atoms. The van der Waals surface area contributed by atoms with Crippen LogP contribution >= 0.6 is 23.4 Å². The predicted molar refractivity (Wildman–Crippen MR) is 73.5 cm³/mol. The molecular formula is C13H15ClN2S. The number of hydrogen-bond acceptors (Lipinski definition) is 2. The highest BCUT2D eigenvalue weighted by molar-refractivity contribution is 7.99. The minimum absolute atomic E-state index is 0.323. The Morgan fingerprint density at radius 3 is 2.76 bits per heavy atom. The molecule has 0 amide bonds. The summed E-state index contributed by atoms with van der Waals surface area (Å²) >= 11 is 7.79. The molecule has 2 rings (SSSR count). The number of hydrogen-bond donors (Lipinski definition) is 1. The molecule has 1 atom stereocenters. The van der Waals surface area contributed by atoms with Crippen molar-refractivity contribution in [1.82, 2.24) is 9.97 Å². The van der Waals surface area contributed by atoms with E-state index in [-0.39, 0.29) is 0 Å². The SMILES string of the molecule is CC(C)C(Sc1cccc(Cl)c1)c1ncc[nH]1.